The van der Waals surface area contributed by atoms with Crippen LogP contribution in [0.4, 0.5) is 11.4 Å². The smallest absolute Gasteiger partial charge is 0.338 e. The summed E-state index contributed by atoms with van der Waals surface area (Å²) in [6.07, 6.45) is 3.22. The number of esters is 1. The molecule has 2 saturated heterocycles. The number of carbonyl (C=O) groups excluding carboxylic acids is 1. The number of carbonyl (C=O) groups is 1. The molecule has 0 spiro atoms. The van der Waals surface area contributed by atoms with E-state index in [0.29, 0.717) is 23.0 Å². The molecule has 0 radical (unpaired) electrons. The van der Waals surface area contributed by atoms with Gasteiger partial charge >= 0.3 is 5.97 Å². The van der Waals surface area contributed by atoms with Gasteiger partial charge in [-0.05, 0) is 37.8 Å². The molecule has 1 aromatic carbocycles. The molecule has 192 valence electrons. The third-order valence-electron chi connectivity index (χ3n) is 7.26. The fraction of sp³-hybridized carbons (Fsp3) is 0.720. The molecule has 0 bridgehead atoms. The van der Waals surface area contributed by atoms with Gasteiger partial charge in [0, 0.05) is 72.0 Å². The fourth-order valence-corrected chi connectivity index (χ4v) is 5.46. The van der Waals surface area contributed by atoms with Gasteiger partial charge in [-0.1, -0.05) is 0 Å². The summed E-state index contributed by atoms with van der Waals surface area (Å²) in [5.74, 6) is 0.191. The van der Waals surface area contributed by atoms with Crippen LogP contribution in [0.25, 0.3) is 0 Å². The van der Waals surface area contributed by atoms with Crippen LogP contribution in [0.3, 0.4) is 0 Å². The Labute approximate surface area is 202 Å². The highest BCUT2D eigenvalue weighted by Gasteiger charge is 2.33. The Bertz CT molecular complexity index is 782. The molecule has 2 heterocycles. The highest BCUT2D eigenvalue weighted by molar-refractivity contribution is 5.95. The summed E-state index contributed by atoms with van der Waals surface area (Å²) >= 11 is 0. The monoisotopic (exact) mass is 480 g/mol. The van der Waals surface area contributed by atoms with Crippen LogP contribution < -0.4 is 9.80 Å². The van der Waals surface area contributed by atoms with Gasteiger partial charge in [0.25, 0.3) is 0 Å². The van der Waals surface area contributed by atoms with Crippen molar-refractivity contribution in [3.63, 3.8) is 0 Å². The Morgan fingerprint density at radius 3 is 1.74 bits per heavy atom. The van der Waals surface area contributed by atoms with Crippen LogP contribution in [0.1, 0.15) is 41.6 Å². The number of ether oxygens (including phenoxy) is 5. The predicted octanol–water partition coefficient (Wildman–Crippen LogP) is 2.64. The topological polar surface area (TPSA) is 89.9 Å². The van der Waals surface area contributed by atoms with E-state index in [-0.39, 0.29) is 19.2 Å². The fourth-order valence-electron chi connectivity index (χ4n) is 5.46. The van der Waals surface area contributed by atoms with Crippen molar-refractivity contribution in [2.24, 2.45) is 11.8 Å². The Balaban J connectivity index is 1.89. The summed E-state index contributed by atoms with van der Waals surface area (Å²) < 4.78 is 26.9. The Morgan fingerprint density at radius 2 is 1.32 bits per heavy atom. The van der Waals surface area contributed by atoms with Crippen molar-refractivity contribution in [2.75, 3.05) is 71.5 Å². The molecule has 0 amide bonds. The maximum atomic E-state index is 12.5. The van der Waals surface area contributed by atoms with Crippen molar-refractivity contribution in [3.8, 4) is 0 Å². The molecule has 9 nitrogen and oxygen atoms in total. The van der Waals surface area contributed by atoms with E-state index < -0.39 is 5.97 Å². The summed E-state index contributed by atoms with van der Waals surface area (Å²) in [6.45, 7) is 3.01. The Kier molecular flexibility index (Phi) is 9.97. The number of hydrogen-bond acceptors (Lipinski definition) is 9. The molecule has 0 aliphatic carbocycles. The van der Waals surface area contributed by atoms with Gasteiger partial charge < -0.3 is 38.6 Å². The maximum absolute atomic E-state index is 12.5. The van der Waals surface area contributed by atoms with Crippen molar-refractivity contribution >= 4 is 17.3 Å². The minimum Gasteiger partial charge on any atom is -0.465 e. The van der Waals surface area contributed by atoms with E-state index in [1.165, 1.54) is 7.11 Å². The number of aliphatic hydroxyl groups is 1. The molecule has 3 rings (SSSR count). The summed E-state index contributed by atoms with van der Waals surface area (Å²) in [4.78, 5) is 17.1. The first-order chi connectivity index (χ1) is 16.5. The Morgan fingerprint density at radius 1 is 0.853 bits per heavy atom. The molecular weight excluding hydrogens is 440 g/mol. The molecule has 34 heavy (non-hydrogen) atoms. The molecule has 2 fully saturated rings. The maximum Gasteiger partial charge on any atom is 0.338 e. The minimum atomic E-state index is -0.438. The van der Waals surface area contributed by atoms with Crippen LogP contribution >= 0.6 is 0 Å². The van der Waals surface area contributed by atoms with Crippen LogP contribution in [0, 0.1) is 11.8 Å². The summed E-state index contributed by atoms with van der Waals surface area (Å²) in [5.41, 5.74) is 2.98. The van der Waals surface area contributed by atoms with Gasteiger partial charge in [0.2, 0.25) is 0 Å². The molecule has 2 aliphatic rings. The molecule has 0 aromatic heterocycles. The van der Waals surface area contributed by atoms with Crippen molar-refractivity contribution < 1.29 is 33.6 Å². The first kappa shape index (κ1) is 26.7. The van der Waals surface area contributed by atoms with Crippen LogP contribution in [-0.2, 0) is 30.3 Å². The zero-order valence-electron chi connectivity index (χ0n) is 21.1. The number of piperidine rings is 2. The van der Waals surface area contributed by atoms with Gasteiger partial charge in [0.15, 0.2) is 12.6 Å². The second kappa shape index (κ2) is 12.7. The van der Waals surface area contributed by atoms with E-state index in [0.717, 1.165) is 63.2 Å². The normalized spacial score (nSPS) is 18.2. The third-order valence-corrected chi connectivity index (χ3v) is 7.26. The lowest BCUT2D eigenvalue weighted by Gasteiger charge is -2.41. The molecule has 2 aliphatic heterocycles. The predicted molar refractivity (Wildman–Crippen MR) is 129 cm³/mol. The van der Waals surface area contributed by atoms with Gasteiger partial charge in [-0.3, -0.25) is 0 Å². The highest BCUT2D eigenvalue weighted by atomic mass is 16.7. The molecule has 1 N–H and O–H groups in total. The zero-order valence-corrected chi connectivity index (χ0v) is 21.1. The third kappa shape index (κ3) is 5.66. The molecular formula is C25H40N2O7. The minimum absolute atomic E-state index is 0.204. The van der Waals surface area contributed by atoms with E-state index in [1.807, 2.05) is 6.07 Å². The second-order valence-electron chi connectivity index (χ2n) is 8.94. The van der Waals surface area contributed by atoms with Gasteiger partial charge in [-0.2, -0.15) is 0 Å². The first-order valence-electron chi connectivity index (χ1n) is 12.0. The number of benzene rings is 1. The summed E-state index contributed by atoms with van der Waals surface area (Å²) in [6, 6.07) is 3.76. The van der Waals surface area contributed by atoms with Crippen LogP contribution in [0.15, 0.2) is 12.1 Å². The number of methoxy groups -OCH3 is 5. The lowest BCUT2D eigenvalue weighted by atomic mass is 9.92. The SMILES string of the molecule is COC(=O)c1ccc(N2CCC(C(OC)OC)CC2)c(N2CCC(C(OC)OC)CC2)c1CO. The van der Waals surface area contributed by atoms with E-state index in [2.05, 4.69) is 9.80 Å². The van der Waals surface area contributed by atoms with E-state index in [4.69, 9.17) is 23.7 Å². The van der Waals surface area contributed by atoms with Crippen molar-refractivity contribution in [3.05, 3.63) is 23.3 Å². The number of aliphatic hydroxyl groups excluding tert-OH is 1. The van der Waals surface area contributed by atoms with E-state index >= 15 is 0 Å². The summed E-state index contributed by atoms with van der Waals surface area (Å²) in [7, 11) is 8.07. The largest absolute Gasteiger partial charge is 0.465 e. The zero-order chi connectivity index (χ0) is 24.7. The molecule has 1 aromatic rings. The van der Waals surface area contributed by atoms with Crippen LogP contribution in [0.5, 0.6) is 0 Å². The van der Waals surface area contributed by atoms with Crippen molar-refractivity contribution in [1.82, 2.24) is 0 Å². The van der Waals surface area contributed by atoms with E-state index in [9.17, 15) is 9.90 Å². The van der Waals surface area contributed by atoms with Gasteiger partial charge in [0.1, 0.15) is 0 Å². The second-order valence-corrected chi connectivity index (χ2v) is 8.94. The number of hydrogen-bond donors (Lipinski definition) is 1. The summed E-state index contributed by atoms with van der Waals surface area (Å²) in [5, 5.41) is 10.4. The van der Waals surface area contributed by atoms with E-state index in [1.54, 1.807) is 34.5 Å². The van der Waals surface area contributed by atoms with Gasteiger partial charge in [-0.15, -0.1) is 0 Å². The standard InChI is InChI=1S/C25H40N2O7/c1-30-23(29)19-6-7-21(26-12-8-17(9-13-26)24(31-2)32-3)22(20(19)16-28)27-14-10-18(11-15-27)25(33-4)34-5/h6-7,17-18,24-25,28H,8-16H2,1-5H3. The van der Waals surface area contributed by atoms with Crippen LogP contribution in [-0.4, -0.2) is 85.4 Å². The lowest BCUT2D eigenvalue weighted by Crippen LogP contribution is -2.42. The van der Waals surface area contributed by atoms with Gasteiger partial charge in [0.05, 0.1) is 30.7 Å². The molecule has 9 heteroatoms. The Hall–Kier alpha value is -1.91. The number of nitrogens with zero attached hydrogens (tertiary/aromatic N) is 2. The molecule has 0 atom stereocenters. The number of rotatable bonds is 10. The molecule has 0 saturated carbocycles. The molecule has 0 unspecified atom stereocenters. The van der Waals surface area contributed by atoms with Gasteiger partial charge in [-0.25, -0.2) is 4.79 Å². The van der Waals surface area contributed by atoms with Crippen molar-refractivity contribution in [2.45, 2.75) is 44.9 Å². The first-order valence-corrected chi connectivity index (χ1v) is 12.0. The average molecular weight is 481 g/mol. The lowest BCUT2D eigenvalue weighted by molar-refractivity contribution is -0.141. The quantitative estimate of drug-likeness (QED) is 0.401. The van der Waals surface area contributed by atoms with Crippen molar-refractivity contribution in [1.29, 1.82) is 0 Å². The van der Waals surface area contributed by atoms with Crippen LogP contribution in [0.2, 0.25) is 0 Å². The average Bonchev–Trinajstić information content (AvgIpc) is 2.89. The highest BCUT2D eigenvalue weighted by Crippen LogP contribution is 2.40. The number of anilines is 2.